The lowest BCUT2D eigenvalue weighted by Crippen LogP contribution is -2.36. The third kappa shape index (κ3) is 1.93. The maximum Gasteiger partial charge on any atom is 0.228 e. The zero-order valence-corrected chi connectivity index (χ0v) is 10.8. The smallest absolute Gasteiger partial charge is 0.228 e. The number of amides is 1. The molecule has 0 aromatic heterocycles. The van der Waals surface area contributed by atoms with Gasteiger partial charge in [-0.3, -0.25) is 4.79 Å². The maximum absolute atomic E-state index is 12.3. The zero-order valence-electron chi connectivity index (χ0n) is 10.8. The number of hydrogen-bond acceptors (Lipinski definition) is 2. The average Bonchev–Trinajstić information content (AvgIpc) is 3.01. The van der Waals surface area contributed by atoms with Crippen molar-refractivity contribution in [2.45, 2.75) is 31.7 Å². The summed E-state index contributed by atoms with van der Waals surface area (Å²) in [4.78, 5) is 14.3. The summed E-state index contributed by atoms with van der Waals surface area (Å²) >= 11 is 0. The van der Waals surface area contributed by atoms with Gasteiger partial charge in [-0.1, -0.05) is 37.3 Å². The van der Waals surface area contributed by atoms with Gasteiger partial charge in [0.1, 0.15) is 0 Å². The summed E-state index contributed by atoms with van der Waals surface area (Å²) in [7, 11) is 0. The van der Waals surface area contributed by atoms with Gasteiger partial charge in [-0.05, 0) is 18.4 Å². The molecule has 0 unspecified atom stereocenters. The second kappa shape index (κ2) is 4.09. The molecule has 1 aromatic carbocycles. The lowest BCUT2D eigenvalue weighted by Gasteiger charge is -2.20. The Kier molecular flexibility index (Phi) is 2.67. The summed E-state index contributed by atoms with van der Waals surface area (Å²) in [5.74, 6) is 0.592. The van der Waals surface area contributed by atoms with Crippen molar-refractivity contribution in [3.63, 3.8) is 0 Å². The number of hydrogen-bond donors (Lipinski definition) is 1. The van der Waals surface area contributed by atoms with Crippen LogP contribution >= 0.6 is 0 Å². The highest BCUT2D eigenvalue weighted by Gasteiger charge is 2.49. The summed E-state index contributed by atoms with van der Waals surface area (Å²) in [5, 5.41) is 0. The fourth-order valence-electron chi connectivity index (χ4n) is 2.83. The predicted molar refractivity (Wildman–Crippen MR) is 71.1 cm³/mol. The molecule has 1 heterocycles. The molecule has 1 saturated heterocycles. The second-order valence-electron chi connectivity index (χ2n) is 5.95. The minimum absolute atomic E-state index is 0.0682. The number of carbonyl (C=O) groups is 1. The van der Waals surface area contributed by atoms with E-state index in [1.807, 2.05) is 23.1 Å². The molecule has 1 aliphatic heterocycles. The maximum atomic E-state index is 12.3. The van der Waals surface area contributed by atoms with E-state index in [1.54, 1.807) is 0 Å². The van der Waals surface area contributed by atoms with Crippen LogP contribution in [0.3, 0.4) is 0 Å². The SMILES string of the molecule is CC1(C(=O)N2C[C@@H](N)[C@H](c3ccccc3)C2)CC1. The Labute approximate surface area is 108 Å². The minimum atomic E-state index is -0.0781. The summed E-state index contributed by atoms with van der Waals surface area (Å²) < 4.78 is 0. The predicted octanol–water partition coefficient (Wildman–Crippen LogP) is 1.74. The third-order valence-corrected chi connectivity index (χ3v) is 4.40. The first-order valence-electron chi connectivity index (χ1n) is 6.70. The third-order valence-electron chi connectivity index (χ3n) is 4.40. The molecule has 3 nitrogen and oxygen atoms in total. The minimum Gasteiger partial charge on any atom is -0.340 e. The van der Waals surface area contributed by atoms with E-state index < -0.39 is 0 Å². The van der Waals surface area contributed by atoms with Crippen LogP contribution in [0.5, 0.6) is 0 Å². The number of benzene rings is 1. The number of carbonyl (C=O) groups excluding carboxylic acids is 1. The van der Waals surface area contributed by atoms with E-state index >= 15 is 0 Å². The molecule has 2 fully saturated rings. The average molecular weight is 244 g/mol. The van der Waals surface area contributed by atoms with Gasteiger partial charge in [-0.2, -0.15) is 0 Å². The van der Waals surface area contributed by atoms with Crippen molar-refractivity contribution in [2.75, 3.05) is 13.1 Å². The Bertz CT molecular complexity index is 453. The van der Waals surface area contributed by atoms with Crippen LogP contribution in [0.2, 0.25) is 0 Å². The summed E-state index contributed by atoms with van der Waals surface area (Å²) in [6.07, 6.45) is 2.07. The fourth-order valence-corrected chi connectivity index (χ4v) is 2.83. The summed E-state index contributed by atoms with van der Waals surface area (Å²) in [6, 6.07) is 10.4. The van der Waals surface area contributed by atoms with Gasteiger partial charge in [-0.15, -0.1) is 0 Å². The van der Waals surface area contributed by atoms with Crippen LogP contribution in [-0.2, 0) is 4.79 Å². The highest BCUT2D eigenvalue weighted by atomic mass is 16.2. The molecule has 2 atom stereocenters. The Balaban J connectivity index is 1.75. The van der Waals surface area contributed by atoms with Crippen LogP contribution in [0.4, 0.5) is 0 Å². The van der Waals surface area contributed by atoms with Gasteiger partial charge in [0.05, 0.1) is 0 Å². The normalized spacial score (nSPS) is 29.3. The number of rotatable bonds is 2. The van der Waals surface area contributed by atoms with Crippen molar-refractivity contribution in [1.82, 2.24) is 4.90 Å². The van der Waals surface area contributed by atoms with Crippen LogP contribution < -0.4 is 5.73 Å². The van der Waals surface area contributed by atoms with E-state index in [9.17, 15) is 4.79 Å². The van der Waals surface area contributed by atoms with Crippen molar-refractivity contribution in [3.05, 3.63) is 35.9 Å². The monoisotopic (exact) mass is 244 g/mol. The Hall–Kier alpha value is -1.35. The van der Waals surface area contributed by atoms with Crippen molar-refractivity contribution in [2.24, 2.45) is 11.1 Å². The molecule has 1 saturated carbocycles. The van der Waals surface area contributed by atoms with Gasteiger partial charge < -0.3 is 10.6 Å². The highest BCUT2D eigenvalue weighted by molar-refractivity contribution is 5.85. The number of nitrogens with two attached hydrogens (primary N) is 1. The van der Waals surface area contributed by atoms with Gasteiger partial charge >= 0.3 is 0 Å². The lowest BCUT2D eigenvalue weighted by molar-refractivity contribution is -0.135. The first kappa shape index (κ1) is 11.7. The fraction of sp³-hybridized carbons (Fsp3) is 0.533. The van der Waals surface area contributed by atoms with Gasteiger partial charge in [0.25, 0.3) is 0 Å². The lowest BCUT2D eigenvalue weighted by atomic mass is 9.95. The molecule has 0 bridgehead atoms. The van der Waals surface area contributed by atoms with E-state index in [-0.39, 0.29) is 17.4 Å². The van der Waals surface area contributed by atoms with Crippen molar-refractivity contribution in [3.8, 4) is 0 Å². The van der Waals surface area contributed by atoms with Crippen LogP contribution in [0.25, 0.3) is 0 Å². The Morgan fingerprint density at radius 1 is 1.28 bits per heavy atom. The standard InChI is InChI=1S/C15H20N2O/c1-15(7-8-15)14(18)17-9-12(13(16)10-17)11-5-3-2-4-6-11/h2-6,12-13H,7-10,16H2,1H3/t12-,13+/m0/s1. The largest absolute Gasteiger partial charge is 0.340 e. The van der Waals surface area contributed by atoms with E-state index in [2.05, 4.69) is 19.1 Å². The molecule has 1 aromatic rings. The van der Waals surface area contributed by atoms with Crippen LogP contribution in [-0.4, -0.2) is 29.9 Å². The van der Waals surface area contributed by atoms with E-state index in [1.165, 1.54) is 5.56 Å². The summed E-state index contributed by atoms with van der Waals surface area (Å²) in [5.41, 5.74) is 7.38. The number of likely N-dealkylation sites (tertiary alicyclic amines) is 1. The highest BCUT2D eigenvalue weighted by Crippen LogP contribution is 2.47. The molecule has 96 valence electrons. The molecule has 2 aliphatic rings. The molecule has 1 aliphatic carbocycles. The first-order chi connectivity index (χ1) is 8.60. The van der Waals surface area contributed by atoms with Crippen molar-refractivity contribution in [1.29, 1.82) is 0 Å². The van der Waals surface area contributed by atoms with Gasteiger partial charge in [-0.25, -0.2) is 0 Å². The van der Waals surface area contributed by atoms with Crippen LogP contribution in [0.15, 0.2) is 30.3 Å². The van der Waals surface area contributed by atoms with Gasteiger partial charge in [0, 0.05) is 30.5 Å². The van der Waals surface area contributed by atoms with Crippen LogP contribution in [0, 0.1) is 5.41 Å². The molecule has 0 spiro atoms. The molecule has 2 N–H and O–H groups in total. The summed E-state index contributed by atoms with van der Waals surface area (Å²) in [6.45, 7) is 3.55. The molecule has 18 heavy (non-hydrogen) atoms. The second-order valence-corrected chi connectivity index (χ2v) is 5.95. The first-order valence-corrected chi connectivity index (χ1v) is 6.70. The number of nitrogens with zero attached hydrogens (tertiary/aromatic N) is 1. The van der Waals surface area contributed by atoms with E-state index in [0.29, 0.717) is 12.5 Å². The van der Waals surface area contributed by atoms with E-state index in [4.69, 9.17) is 5.73 Å². The topological polar surface area (TPSA) is 46.3 Å². The Morgan fingerprint density at radius 2 is 1.94 bits per heavy atom. The quantitative estimate of drug-likeness (QED) is 0.861. The zero-order chi connectivity index (χ0) is 12.8. The molecule has 1 amide bonds. The molecule has 3 heteroatoms. The van der Waals surface area contributed by atoms with Gasteiger partial charge in [0.2, 0.25) is 5.91 Å². The van der Waals surface area contributed by atoms with E-state index in [0.717, 1.165) is 19.4 Å². The molecule has 3 rings (SSSR count). The van der Waals surface area contributed by atoms with Crippen molar-refractivity contribution < 1.29 is 4.79 Å². The molecular weight excluding hydrogens is 224 g/mol. The van der Waals surface area contributed by atoms with Gasteiger partial charge in [0.15, 0.2) is 0 Å². The van der Waals surface area contributed by atoms with Crippen molar-refractivity contribution >= 4 is 5.91 Å². The van der Waals surface area contributed by atoms with Crippen LogP contribution in [0.1, 0.15) is 31.2 Å². The molecule has 0 radical (unpaired) electrons. The molecular formula is C15H20N2O. The Morgan fingerprint density at radius 3 is 2.56 bits per heavy atom.